The van der Waals surface area contributed by atoms with Crippen molar-refractivity contribution in [1.82, 2.24) is 5.32 Å². The highest BCUT2D eigenvalue weighted by Gasteiger charge is 2.39. The number of carbonyl (C=O) groups excluding carboxylic acids is 1. The molecule has 1 aliphatic heterocycles. The first kappa shape index (κ1) is 8.59. The lowest BCUT2D eigenvalue weighted by molar-refractivity contribution is -0.138. The van der Waals surface area contributed by atoms with E-state index in [9.17, 15) is 13.6 Å². The van der Waals surface area contributed by atoms with Gasteiger partial charge in [0.25, 0.3) is 0 Å². The summed E-state index contributed by atoms with van der Waals surface area (Å²) in [6.07, 6.45) is 0.928. The summed E-state index contributed by atoms with van der Waals surface area (Å²) in [4.78, 5) is 9.95. The molecule has 0 amide bonds. The van der Waals surface area contributed by atoms with Gasteiger partial charge in [-0.25, -0.2) is 0 Å². The molecule has 1 fully saturated rings. The van der Waals surface area contributed by atoms with Gasteiger partial charge in [-0.05, 0) is 19.4 Å². The zero-order valence-electron chi connectivity index (χ0n) is 6.15. The highest BCUT2D eigenvalue weighted by molar-refractivity contribution is 5.60. The Labute approximate surface area is 64.0 Å². The van der Waals surface area contributed by atoms with E-state index in [0.29, 0.717) is 6.42 Å². The van der Waals surface area contributed by atoms with Gasteiger partial charge >= 0.3 is 5.92 Å². The molecular weight excluding hydrogens is 152 g/mol. The van der Waals surface area contributed by atoms with Gasteiger partial charge in [-0.3, -0.25) is 4.79 Å². The van der Waals surface area contributed by atoms with Crippen molar-refractivity contribution in [3.63, 3.8) is 0 Å². The standard InChI is InChI=1S/C7H11F2NO/c8-7(9,5-11)6-2-1-3-10-4-6/h5-6,10H,1-4H2. The molecule has 1 unspecified atom stereocenters. The second-order valence-electron chi connectivity index (χ2n) is 2.84. The topological polar surface area (TPSA) is 29.1 Å². The van der Waals surface area contributed by atoms with Gasteiger partial charge in [0.1, 0.15) is 0 Å². The van der Waals surface area contributed by atoms with Crippen molar-refractivity contribution in [3.05, 3.63) is 0 Å². The van der Waals surface area contributed by atoms with Crippen molar-refractivity contribution in [2.75, 3.05) is 13.1 Å². The molecule has 1 N–H and O–H groups in total. The smallest absolute Gasteiger partial charge is 0.306 e. The van der Waals surface area contributed by atoms with Gasteiger partial charge in [0.05, 0.1) is 0 Å². The Morgan fingerprint density at radius 1 is 1.55 bits per heavy atom. The third-order valence-electron chi connectivity index (χ3n) is 2.00. The number of rotatable bonds is 2. The first-order valence-corrected chi connectivity index (χ1v) is 3.71. The number of halogens is 2. The predicted octanol–water partition coefficient (Wildman–Crippen LogP) is 0.820. The highest BCUT2D eigenvalue weighted by atomic mass is 19.3. The Hall–Kier alpha value is -0.510. The Kier molecular flexibility index (Phi) is 2.54. The van der Waals surface area contributed by atoms with Crippen LogP contribution in [-0.2, 0) is 4.79 Å². The Morgan fingerprint density at radius 2 is 2.27 bits per heavy atom. The molecule has 11 heavy (non-hydrogen) atoms. The van der Waals surface area contributed by atoms with E-state index in [1.54, 1.807) is 0 Å². The zero-order chi connectivity index (χ0) is 8.32. The lowest BCUT2D eigenvalue weighted by atomic mass is 9.94. The largest absolute Gasteiger partial charge is 0.316 e. The summed E-state index contributed by atoms with van der Waals surface area (Å²) < 4.78 is 25.3. The van der Waals surface area contributed by atoms with E-state index in [1.165, 1.54) is 0 Å². The van der Waals surface area contributed by atoms with E-state index in [2.05, 4.69) is 5.32 Å². The number of hydrogen-bond donors (Lipinski definition) is 1. The second kappa shape index (κ2) is 3.26. The lowest BCUT2D eigenvalue weighted by Crippen LogP contribution is -2.41. The third kappa shape index (κ3) is 1.96. The normalized spacial score (nSPS) is 26.5. The minimum atomic E-state index is -3.13. The fourth-order valence-corrected chi connectivity index (χ4v) is 1.28. The van der Waals surface area contributed by atoms with Gasteiger partial charge in [-0.2, -0.15) is 8.78 Å². The van der Waals surface area contributed by atoms with E-state index in [-0.39, 0.29) is 12.8 Å². The average molecular weight is 163 g/mol. The van der Waals surface area contributed by atoms with Gasteiger partial charge in [-0.15, -0.1) is 0 Å². The van der Waals surface area contributed by atoms with E-state index in [1.807, 2.05) is 0 Å². The average Bonchev–Trinajstić information content (AvgIpc) is 2.06. The van der Waals surface area contributed by atoms with Crippen molar-refractivity contribution < 1.29 is 13.6 Å². The van der Waals surface area contributed by atoms with E-state index in [0.717, 1.165) is 13.0 Å². The van der Waals surface area contributed by atoms with Crippen LogP contribution in [0.4, 0.5) is 8.78 Å². The molecule has 1 heterocycles. The van der Waals surface area contributed by atoms with Crippen molar-refractivity contribution in [2.45, 2.75) is 18.8 Å². The van der Waals surface area contributed by atoms with Gasteiger partial charge in [-0.1, -0.05) is 0 Å². The molecule has 0 aliphatic carbocycles. The molecule has 2 nitrogen and oxygen atoms in total. The van der Waals surface area contributed by atoms with Crippen LogP contribution in [0, 0.1) is 5.92 Å². The SMILES string of the molecule is O=CC(F)(F)C1CCCNC1. The molecule has 1 aliphatic rings. The molecule has 4 heteroatoms. The van der Waals surface area contributed by atoms with Crippen molar-refractivity contribution in [2.24, 2.45) is 5.92 Å². The lowest BCUT2D eigenvalue weighted by Gasteiger charge is -2.26. The summed E-state index contributed by atoms with van der Waals surface area (Å²) in [7, 11) is 0. The summed E-state index contributed by atoms with van der Waals surface area (Å²) in [5, 5.41) is 2.84. The van der Waals surface area contributed by atoms with E-state index < -0.39 is 11.8 Å². The van der Waals surface area contributed by atoms with Gasteiger partial charge in [0.2, 0.25) is 0 Å². The maximum Gasteiger partial charge on any atom is 0.306 e. The molecule has 1 saturated heterocycles. The molecule has 0 aromatic carbocycles. The first-order valence-electron chi connectivity index (χ1n) is 3.71. The van der Waals surface area contributed by atoms with Crippen LogP contribution in [0.3, 0.4) is 0 Å². The minimum Gasteiger partial charge on any atom is -0.316 e. The quantitative estimate of drug-likeness (QED) is 0.610. The second-order valence-corrected chi connectivity index (χ2v) is 2.84. The molecule has 0 radical (unpaired) electrons. The maximum absolute atomic E-state index is 12.6. The highest BCUT2D eigenvalue weighted by Crippen LogP contribution is 2.27. The van der Waals surface area contributed by atoms with Gasteiger partial charge in [0, 0.05) is 12.5 Å². The number of nitrogens with one attached hydrogen (secondary N) is 1. The van der Waals surface area contributed by atoms with Crippen LogP contribution in [0.5, 0.6) is 0 Å². The summed E-state index contributed by atoms with van der Waals surface area (Å²) in [5.41, 5.74) is 0. The molecule has 0 spiro atoms. The number of carbonyl (C=O) groups is 1. The number of alkyl halides is 2. The van der Waals surface area contributed by atoms with Crippen LogP contribution < -0.4 is 5.32 Å². The minimum absolute atomic E-state index is 0.245. The molecule has 64 valence electrons. The molecule has 0 aromatic heterocycles. The Bertz CT molecular complexity index is 143. The van der Waals surface area contributed by atoms with Crippen molar-refractivity contribution in [3.8, 4) is 0 Å². The fraction of sp³-hybridized carbons (Fsp3) is 0.857. The van der Waals surface area contributed by atoms with Crippen molar-refractivity contribution in [1.29, 1.82) is 0 Å². The predicted molar refractivity (Wildman–Crippen MR) is 36.6 cm³/mol. The van der Waals surface area contributed by atoms with Crippen LogP contribution in [-0.4, -0.2) is 25.3 Å². The van der Waals surface area contributed by atoms with Gasteiger partial charge < -0.3 is 5.32 Å². The fourth-order valence-electron chi connectivity index (χ4n) is 1.28. The third-order valence-corrected chi connectivity index (χ3v) is 2.00. The monoisotopic (exact) mass is 163 g/mol. The molecule has 0 saturated carbocycles. The van der Waals surface area contributed by atoms with E-state index >= 15 is 0 Å². The molecule has 0 aromatic rings. The molecule has 1 rings (SSSR count). The molecule has 1 atom stereocenters. The summed E-state index contributed by atoms with van der Waals surface area (Å²) in [6, 6.07) is 0. The maximum atomic E-state index is 12.6. The number of hydrogen-bond acceptors (Lipinski definition) is 2. The Morgan fingerprint density at radius 3 is 2.73 bits per heavy atom. The number of aldehydes is 1. The summed E-state index contributed by atoms with van der Waals surface area (Å²) >= 11 is 0. The molecular formula is C7H11F2NO. The number of piperidine rings is 1. The van der Waals surface area contributed by atoms with Crippen LogP contribution in [0.1, 0.15) is 12.8 Å². The summed E-state index contributed by atoms with van der Waals surface area (Å²) in [6.45, 7) is 1.04. The first-order chi connectivity index (χ1) is 5.17. The van der Waals surface area contributed by atoms with Gasteiger partial charge in [0.15, 0.2) is 6.29 Å². The molecule has 0 bridgehead atoms. The zero-order valence-corrected chi connectivity index (χ0v) is 6.15. The van der Waals surface area contributed by atoms with Crippen LogP contribution in [0.2, 0.25) is 0 Å². The van der Waals surface area contributed by atoms with E-state index in [4.69, 9.17) is 0 Å². The van der Waals surface area contributed by atoms with Crippen LogP contribution in [0.15, 0.2) is 0 Å². The van der Waals surface area contributed by atoms with Crippen LogP contribution >= 0.6 is 0 Å². The Balaban J connectivity index is 2.50. The van der Waals surface area contributed by atoms with Crippen molar-refractivity contribution >= 4 is 6.29 Å². The summed E-state index contributed by atoms with van der Waals surface area (Å²) in [5.74, 6) is -3.93. The van der Waals surface area contributed by atoms with Crippen LogP contribution in [0.25, 0.3) is 0 Å².